The van der Waals surface area contributed by atoms with Crippen LogP contribution in [0, 0.1) is 0 Å². The van der Waals surface area contributed by atoms with Gasteiger partial charge in [0.15, 0.2) is 0 Å². The second-order valence-electron chi connectivity index (χ2n) is 18.5. The Kier molecular flexibility index (Phi) is 9.39. The van der Waals surface area contributed by atoms with Gasteiger partial charge in [0.05, 0.1) is 22.1 Å². The van der Waals surface area contributed by atoms with Crippen molar-refractivity contribution in [2.24, 2.45) is 0 Å². The molecule has 0 saturated heterocycles. The minimum absolute atomic E-state index is 0.773. The highest BCUT2D eigenvalue weighted by Crippen LogP contribution is 2.59. The van der Waals surface area contributed by atoms with Gasteiger partial charge in [0.25, 0.3) is 0 Å². The Morgan fingerprint density at radius 1 is 0.268 bits per heavy atom. The standard InChI is InChI=1S/C67H46N4/c1-6-22-47(23-7-1)67(71(50-28-12-4-13-29-50)51-30-14-5-15-31-51)61-35-19-16-32-55(61)56-41-38-52(44-62(56)67)68(53-39-42-59-57-33-17-20-36-63(57)69(65(59)45-53)48-24-8-2-9-25-48)54-40-43-60-58-34-18-21-37-64(58)70(66(60)46-54)49-26-10-3-11-27-49/h1-46H. The van der Waals surface area contributed by atoms with Crippen LogP contribution in [0.4, 0.5) is 28.4 Å². The van der Waals surface area contributed by atoms with E-state index in [0.717, 1.165) is 50.8 Å². The molecule has 334 valence electrons. The van der Waals surface area contributed by atoms with Crippen LogP contribution in [-0.4, -0.2) is 9.13 Å². The van der Waals surface area contributed by atoms with Crippen molar-refractivity contribution in [2.45, 2.75) is 5.54 Å². The molecule has 71 heavy (non-hydrogen) atoms. The first kappa shape index (κ1) is 40.7. The number of nitrogens with zero attached hydrogens (tertiary/aromatic N) is 4. The topological polar surface area (TPSA) is 16.3 Å². The van der Waals surface area contributed by atoms with Crippen LogP contribution in [0.5, 0.6) is 0 Å². The maximum atomic E-state index is 2.57. The first-order valence-corrected chi connectivity index (χ1v) is 24.4. The van der Waals surface area contributed by atoms with Gasteiger partial charge < -0.3 is 18.9 Å². The molecule has 0 amide bonds. The number of rotatable bonds is 9. The first-order chi connectivity index (χ1) is 35.3. The molecule has 13 aromatic rings. The maximum Gasteiger partial charge on any atom is 0.122 e. The van der Waals surface area contributed by atoms with Crippen LogP contribution in [0.25, 0.3) is 66.1 Å². The summed E-state index contributed by atoms with van der Waals surface area (Å²) in [7, 11) is 0. The lowest BCUT2D eigenvalue weighted by Gasteiger charge is -2.45. The third kappa shape index (κ3) is 6.25. The lowest BCUT2D eigenvalue weighted by Crippen LogP contribution is -2.44. The smallest absolute Gasteiger partial charge is 0.122 e. The summed E-state index contributed by atoms with van der Waals surface area (Å²) in [6.45, 7) is 0. The number of hydrogen-bond donors (Lipinski definition) is 0. The maximum absolute atomic E-state index is 2.57. The second kappa shape index (κ2) is 16.4. The lowest BCUT2D eigenvalue weighted by molar-refractivity contribution is 0.644. The van der Waals surface area contributed by atoms with Crippen LogP contribution < -0.4 is 9.80 Å². The van der Waals surface area contributed by atoms with Crippen molar-refractivity contribution in [3.05, 3.63) is 296 Å². The van der Waals surface area contributed by atoms with Crippen LogP contribution >= 0.6 is 0 Å². The fraction of sp³-hybridized carbons (Fsp3) is 0.0149. The van der Waals surface area contributed by atoms with Crippen molar-refractivity contribution in [2.75, 3.05) is 9.80 Å². The van der Waals surface area contributed by atoms with Gasteiger partial charge in [-0.25, -0.2) is 0 Å². The highest BCUT2D eigenvalue weighted by Gasteiger charge is 2.50. The normalized spacial score (nSPS) is 14.0. The molecule has 1 atom stereocenters. The van der Waals surface area contributed by atoms with E-state index in [2.05, 4.69) is 298 Å². The van der Waals surface area contributed by atoms with Gasteiger partial charge in [-0.15, -0.1) is 0 Å². The van der Waals surface area contributed by atoms with Crippen LogP contribution in [0.15, 0.2) is 279 Å². The van der Waals surface area contributed by atoms with E-state index in [1.54, 1.807) is 0 Å². The van der Waals surface area contributed by atoms with Crippen molar-refractivity contribution in [3.63, 3.8) is 0 Å². The Morgan fingerprint density at radius 3 is 1.20 bits per heavy atom. The Hall–Kier alpha value is -9.38. The molecule has 4 nitrogen and oxygen atoms in total. The molecule has 2 aromatic heterocycles. The summed E-state index contributed by atoms with van der Waals surface area (Å²) in [6.07, 6.45) is 0. The Balaban J connectivity index is 1.08. The van der Waals surface area contributed by atoms with Crippen LogP contribution in [-0.2, 0) is 5.54 Å². The molecule has 0 N–H and O–H groups in total. The molecule has 0 saturated carbocycles. The Bertz CT molecular complexity index is 3910. The van der Waals surface area contributed by atoms with E-state index in [9.17, 15) is 0 Å². The number of fused-ring (bicyclic) bond motifs is 9. The average molecular weight is 907 g/mol. The molecule has 0 aliphatic heterocycles. The summed E-state index contributed by atoms with van der Waals surface area (Å²) in [5.41, 5.74) is 17.6. The molecule has 14 rings (SSSR count). The molecular formula is C67H46N4. The van der Waals surface area contributed by atoms with E-state index in [0.29, 0.717) is 0 Å². The van der Waals surface area contributed by atoms with Crippen LogP contribution in [0.3, 0.4) is 0 Å². The number of para-hydroxylation sites is 6. The zero-order chi connectivity index (χ0) is 46.9. The fourth-order valence-electron chi connectivity index (χ4n) is 11.8. The largest absolute Gasteiger partial charge is 0.323 e. The van der Waals surface area contributed by atoms with Crippen molar-refractivity contribution >= 4 is 72.0 Å². The SMILES string of the molecule is c1ccc(N(c2ccccc2)C2(c3ccccc3)c3ccccc3-c3ccc(N(c4ccc5c6ccccc6n(-c6ccccc6)c5c4)c4ccc5c6ccccc6n(-c6ccccc6)c5c4)cc32)cc1. The fourth-order valence-corrected chi connectivity index (χ4v) is 11.8. The summed E-state index contributed by atoms with van der Waals surface area (Å²) in [5, 5.41) is 4.87. The minimum atomic E-state index is -0.773. The quantitative estimate of drug-likeness (QED) is 0.143. The molecule has 0 bridgehead atoms. The molecule has 4 heteroatoms. The summed E-state index contributed by atoms with van der Waals surface area (Å²) in [6, 6.07) is 102. The number of hydrogen-bond acceptors (Lipinski definition) is 2. The third-order valence-corrected chi connectivity index (χ3v) is 14.7. The Labute approximate surface area is 412 Å². The summed E-state index contributed by atoms with van der Waals surface area (Å²) >= 11 is 0. The van der Waals surface area contributed by atoms with E-state index in [-0.39, 0.29) is 0 Å². The second-order valence-corrected chi connectivity index (χ2v) is 18.5. The average Bonchev–Trinajstić information content (AvgIpc) is 4.06. The van der Waals surface area contributed by atoms with Gasteiger partial charge in [0.1, 0.15) is 5.54 Å². The van der Waals surface area contributed by atoms with Gasteiger partial charge in [-0.05, 0) is 125 Å². The zero-order valence-electron chi connectivity index (χ0n) is 38.8. The Morgan fingerprint density at radius 2 is 0.662 bits per heavy atom. The van der Waals surface area contributed by atoms with Gasteiger partial charge in [-0.2, -0.15) is 0 Å². The van der Waals surface area contributed by atoms with E-state index >= 15 is 0 Å². The molecule has 1 aliphatic rings. The van der Waals surface area contributed by atoms with Crippen molar-refractivity contribution in [3.8, 4) is 22.5 Å². The van der Waals surface area contributed by atoms with E-state index < -0.39 is 5.54 Å². The van der Waals surface area contributed by atoms with E-state index in [4.69, 9.17) is 0 Å². The third-order valence-electron chi connectivity index (χ3n) is 14.7. The van der Waals surface area contributed by atoms with E-state index in [1.807, 2.05) is 0 Å². The summed E-state index contributed by atoms with van der Waals surface area (Å²) in [5.74, 6) is 0. The van der Waals surface area contributed by atoms with Gasteiger partial charge in [-0.3, -0.25) is 0 Å². The number of aromatic nitrogens is 2. The molecule has 2 heterocycles. The van der Waals surface area contributed by atoms with Gasteiger partial charge in [0.2, 0.25) is 0 Å². The van der Waals surface area contributed by atoms with Crippen LogP contribution in [0.2, 0.25) is 0 Å². The summed E-state index contributed by atoms with van der Waals surface area (Å²) < 4.78 is 4.83. The first-order valence-electron chi connectivity index (χ1n) is 24.4. The van der Waals surface area contributed by atoms with E-state index in [1.165, 1.54) is 60.4 Å². The molecule has 1 aliphatic carbocycles. The highest BCUT2D eigenvalue weighted by atomic mass is 15.2. The zero-order valence-corrected chi connectivity index (χ0v) is 38.8. The minimum Gasteiger partial charge on any atom is -0.323 e. The number of benzene rings is 11. The van der Waals surface area contributed by atoms with Crippen LogP contribution in [0.1, 0.15) is 16.7 Å². The lowest BCUT2D eigenvalue weighted by atomic mass is 9.78. The molecule has 1 unspecified atom stereocenters. The predicted molar refractivity (Wildman–Crippen MR) is 297 cm³/mol. The van der Waals surface area contributed by atoms with Crippen molar-refractivity contribution in [1.29, 1.82) is 0 Å². The van der Waals surface area contributed by atoms with Gasteiger partial charge >= 0.3 is 0 Å². The highest BCUT2D eigenvalue weighted by molar-refractivity contribution is 6.12. The van der Waals surface area contributed by atoms with Crippen molar-refractivity contribution < 1.29 is 0 Å². The predicted octanol–water partition coefficient (Wildman–Crippen LogP) is 17.5. The van der Waals surface area contributed by atoms with Gasteiger partial charge in [0, 0.05) is 61.4 Å². The molecular weight excluding hydrogens is 861 g/mol. The van der Waals surface area contributed by atoms with Gasteiger partial charge in [-0.1, -0.05) is 182 Å². The van der Waals surface area contributed by atoms with Crippen molar-refractivity contribution in [1.82, 2.24) is 9.13 Å². The monoisotopic (exact) mass is 906 g/mol. The molecule has 0 fully saturated rings. The molecule has 0 radical (unpaired) electrons. The number of anilines is 5. The molecule has 11 aromatic carbocycles. The summed E-state index contributed by atoms with van der Waals surface area (Å²) in [4.78, 5) is 5.04. The molecule has 0 spiro atoms.